The Hall–Kier alpha value is -2.14. The van der Waals surface area contributed by atoms with Crippen molar-refractivity contribution in [3.8, 4) is 11.5 Å². The number of hydrogen-bond acceptors (Lipinski definition) is 4. The number of aromatic nitrogens is 1. The molecule has 4 nitrogen and oxygen atoms in total. The molecule has 1 aromatic carbocycles. The lowest BCUT2D eigenvalue weighted by atomic mass is 10.1. The molecule has 106 valence electrons. The Morgan fingerprint density at radius 3 is 2.75 bits per heavy atom. The van der Waals surface area contributed by atoms with Crippen molar-refractivity contribution in [1.82, 2.24) is 4.98 Å². The molecule has 1 heterocycles. The van der Waals surface area contributed by atoms with Gasteiger partial charge in [-0.3, -0.25) is 4.98 Å². The zero-order chi connectivity index (χ0) is 14.5. The van der Waals surface area contributed by atoms with Gasteiger partial charge in [-0.15, -0.1) is 0 Å². The second-order valence-electron chi connectivity index (χ2n) is 4.38. The van der Waals surface area contributed by atoms with Crippen molar-refractivity contribution >= 4 is 0 Å². The van der Waals surface area contributed by atoms with Gasteiger partial charge < -0.3 is 14.6 Å². The van der Waals surface area contributed by atoms with E-state index in [0.717, 1.165) is 6.20 Å². The van der Waals surface area contributed by atoms with Crippen molar-refractivity contribution in [3.05, 3.63) is 53.6 Å². The van der Waals surface area contributed by atoms with Crippen LogP contribution in [0.25, 0.3) is 0 Å². The monoisotopic (exact) mass is 277 g/mol. The SMILES string of the molecule is COc1ccc([C@@H](C)O)c(OCc2cncc(F)c2)c1. The lowest BCUT2D eigenvalue weighted by Gasteiger charge is -2.14. The molecule has 0 unspecified atom stereocenters. The molecule has 0 aliphatic heterocycles. The largest absolute Gasteiger partial charge is 0.497 e. The molecule has 0 fully saturated rings. The van der Waals surface area contributed by atoms with E-state index in [2.05, 4.69) is 4.98 Å². The molecule has 1 aromatic heterocycles. The zero-order valence-electron chi connectivity index (χ0n) is 11.3. The van der Waals surface area contributed by atoms with Crippen LogP contribution >= 0.6 is 0 Å². The highest BCUT2D eigenvalue weighted by Crippen LogP contribution is 2.30. The predicted octanol–water partition coefficient (Wildman–Crippen LogP) is 2.86. The average molecular weight is 277 g/mol. The van der Waals surface area contributed by atoms with Crippen LogP contribution in [0.1, 0.15) is 24.2 Å². The van der Waals surface area contributed by atoms with Crippen LogP contribution in [-0.2, 0) is 6.61 Å². The summed E-state index contributed by atoms with van der Waals surface area (Å²) in [6.07, 6.45) is 2.00. The molecule has 0 bridgehead atoms. The Morgan fingerprint density at radius 2 is 2.10 bits per heavy atom. The quantitative estimate of drug-likeness (QED) is 0.913. The standard InChI is InChI=1S/C15H16FNO3/c1-10(18)14-4-3-13(19-2)6-15(14)20-9-11-5-12(16)8-17-7-11/h3-8,10,18H,9H2,1-2H3/t10-/m1/s1. The number of halogens is 1. The number of aliphatic hydroxyl groups is 1. The van der Waals surface area contributed by atoms with Crippen LogP contribution in [0.5, 0.6) is 11.5 Å². The molecule has 0 amide bonds. The van der Waals surface area contributed by atoms with E-state index in [1.807, 2.05) is 0 Å². The first-order valence-electron chi connectivity index (χ1n) is 6.18. The highest BCUT2D eigenvalue weighted by Gasteiger charge is 2.11. The first-order valence-corrected chi connectivity index (χ1v) is 6.18. The number of ether oxygens (including phenoxy) is 2. The molecule has 2 aromatic rings. The Morgan fingerprint density at radius 1 is 1.30 bits per heavy atom. The summed E-state index contributed by atoms with van der Waals surface area (Å²) < 4.78 is 23.8. The molecule has 1 N–H and O–H groups in total. The number of aliphatic hydroxyl groups excluding tert-OH is 1. The normalized spacial score (nSPS) is 12.0. The predicted molar refractivity (Wildman–Crippen MR) is 72.2 cm³/mol. The van der Waals surface area contributed by atoms with Crippen LogP contribution in [-0.4, -0.2) is 17.2 Å². The van der Waals surface area contributed by atoms with Crippen molar-refractivity contribution < 1.29 is 19.0 Å². The van der Waals surface area contributed by atoms with Crippen molar-refractivity contribution in [2.75, 3.05) is 7.11 Å². The minimum atomic E-state index is -0.665. The van der Waals surface area contributed by atoms with Crippen LogP contribution in [0, 0.1) is 5.82 Å². The molecule has 0 aliphatic carbocycles. The van der Waals surface area contributed by atoms with E-state index in [0.29, 0.717) is 22.6 Å². The summed E-state index contributed by atoms with van der Waals surface area (Å²) >= 11 is 0. The molecule has 2 rings (SSSR count). The Labute approximate surface area is 116 Å². The Balaban J connectivity index is 2.19. The van der Waals surface area contributed by atoms with Gasteiger partial charge in [0.05, 0.1) is 19.4 Å². The van der Waals surface area contributed by atoms with Gasteiger partial charge in [0.15, 0.2) is 0 Å². The van der Waals surface area contributed by atoms with Crippen molar-refractivity contribution in [1.29, 1.82) is 0 Å². The highest BCUT2D eigenvalue weighted by atomic mass is 19.1. The van der Waals surface area contributed by atoms with Crippen LogP contribution < -0.4 is 9.47 Å². The van der Waals surface area contributed by atoms with Gasteiger partial charge in [0, 0.05) is 23.4 Å². The van der Waals surface area contributed by atoms with Gasteiger partial charge in [-0.25, -0.2) is 4.39 Å². The maximum Gasteiger partial charge on any atom is 0.141 e. The van der Waals surface area contributed by atoms with Gasteiger partial charge in [0.2, 0.25) is 0 Å². The molecule has 20 heavy (non-hydrogen) atoms. The molecule has 0 saturated heterocycles. The van der Waals surface area contributed by atoms with Crippen LogP contribution in [0.2, 0.25) is 0 Å². The Bertz CT molecular complexity index is 587. The van der Waals surface area contributed by atoms with Gasteiger partial charge in [-0.1, -0.05) is 0 Å². The first kappa shape index (κ1) is 14.3. The zero-order valence-corrected chi connectivity index (χ0v) is 11.3. The number of methoxy groups -OCH3 is 1. The van der Waals surface area contributed by atoms with E-state index in [1.54, 1.807) is 32.2 Å². The summed E-state index contributed by atoms with van der Waals surface area (Å²) in [5.41, 5.74) is 1.26. The van der Waals surface area contributed by atoms with Crippen LogP contribution in [0.15, 0.2) is 36.7 Å². The first-order chi connectivity index (χ1) is 9.60. The van der Waals surface area contributed by atoms with E-state index in [4.69, 9.17) is 9.47 Å². The minimum absolute atomic E-state index is 0.164. The summed E-state index contributed by atoms with van der Waals surface area (Å²) in [4.78, 5) is 3.76. The number of rotatable bonds is 5. The second kappa shape index (κ2) is 6.34. The third-order valence-electron chi connectivity index (χ3n) is 2.83. The summed E-state index contributed by atoms with van der Waals surface area (Å²) in [7, 11) is 1.55. The molecule has 5 heteroatoms. The van der Waals surface area contributed by atoms with E-state index < -0.39 is 11.9 Å². The summed E-state index contributed by atoms with van der Waals surface area (Å²) in [6, 6.07) is 6.53. The van der Waals surface area contributed by atoms with E-state index in [1.165, 1.54) is 12.3 Å². The van der Waals surface area contributed by atoms with Crippen LogP contribution in [0.3, 0.4) is 0 Å². The van der Waals surface area contributed by atoms with Crippen molar-refractivity contribution in [2.24, 2.45) is 0 Å². The number of nitrogens with zero attached hydrogens (tertiary/aromatic N) is 1. The third kappa shape index (κ3) is 3.45. The van der Waals surface area contributed by atoms with Crippen LogP contribution in [0.4, 0.5) is 4.39 Å². The highest BCUT2D eigenvalue weighted by molar-refractivity contribution is 5.41. The maximum atomic E-state index is 13.0. The summed E-state index contributed by atoms with van der Waals surface area (Å²) in [6.45, 7) is 1.82. The summed E-state index contributed by atoms with van der Waals surface area (Å²) in [5.74, 6) is 0.720. The topological polar surface area (TPSA) is 51.6 Å². The number of benzene rings is 1. The van der Waals surface area contributed by atoms with E-state index in [9.17, 15) is 9.50 Å². The second-order valence-corrected chi connectivity index (χ2v) is 4.38. The fourth-order valence-electron chi connectivity index (χ4n) is 1.81. The average Bonchev–Trinajstić information content (AvgIpc) is 2.44. The van der Waals surface area contributed by atoms with Gasteiger partial charge in [-0.05, 0) is 25.1 Å². The van der Waals surface area contributed by atoms with Gasteiger partial charge in [0.1, 0.15) is 23.9 Å². The number of pyridine rings is 1. The smallest absolute Gasteiger partial charge is 0.141 e. The van der Waals surface area contributed by atoms with Gasteiger partial charge in [-0.2, -0.15) is 0 Å². The molecule has 0 saturated carbocycles. The molecule has 0 aliphatic rings. The number of hydrogen-bond donors (Lipinski definition) is 1. The Kier molecular flexibility index (Phi) is 4.53. The third-order valence-corrected chi connectivity index (χ3v) is 2.83. The molecular formula is C15H16FNO3. The van der Waals surface area contributed by atoms with Crippen molar-refractivity contribution in [2.45, 2.75) is 19.6 Å². The van der Waals surface area contributed by atoms with E-state index in [-0.39, 0.29) is 6.61 Å². The fraction of sp³-hybridized carbons (Fsp3) is 0.267. The molecule has 1 atom stereocenters. The summed E-state index contributed by atoms with van der Waals surface area (Å²) in [5, 5.41) is 9.72. The lowest BCUT2D eigenvalue weighted by Crippen LogP contribution is -2.02. The minimum Gasteiger partial charge on any atom is -0.497 e. The van der Waals surface area contributed by atoms with Gasteiger partial charge >= 0.3 is 0 Å². The lowest BCUT2D eigenvalue weighted by molar-refractivity contribution is 0.189. The van der Waals surface area contributed by atoms with E-state index >= 15 is 0 Å². The molecule has 0 radical (unpaired) electrons. The van der Waals surface area contributed by atoms with Crippen molar-refractivity contribution in [3.63, 3.8) is 0 Å². The maximum absolute atomic E-state index is 13.0. The molecular weight excluding hydrogens is 261 g/mol. The van der Waals surface area contributed by atoms with Gasteiger partial charge in [0.25, 0.3) is 0 Å². The fourth-order valence-corrected chi connectivity index (χ4v) is 1.81. The molecule has 0 spiro atoms.